The Hall–Kier alpha value is -1.58. The molecule has 1 unspecified atom stereocenters. The van der Waals surface area contributed by atoms with Gasteiger partial charge in [-0.2, -0.15) is 0 Å². The van der Waals surface area contributed by atoms with Gasteiger partial charge in [0.15, 0.2) is 0 Å². The minimum absolute atomic E-state index is 0.292. The van der Waals surface area contributed by atoms with E-state index in [-0.39, 0.29) is 0 Å². The fourth-order valence-corrected chi connectivity index (χ4v) is 2.10. The second kappa shape index (κ2) is 6.04. The topological polar surface area (TPSA) is 42.1 Å². The Morgan fingerprint density at radius 3 is 2.53 bits per heavy atom. The molecule has 0 spiro atoms. The minimum Gasteiger partial charge on any atom is -0.384 e. The van der Waals surface area contributed by atoms with Crippen LogP contribution in [-0.4, -0.2) is 16.9 Å². The van der Waals surface area contributed by atoms with Gasteiger partial charge < -0.3 is 5.73 Å². The summed E-state index contributed by atoms with van der Waals surface area (Å²) in [6.07, 6.45) is 0. The highest BCUT2D eigenvalue weighted by Gasteiger charge is 2.12. The number of hydrogen-bond donors (Lipinski definition) is 1. The predicted molar refractivity (Wildman–Crippen MR) is 80.0 cm³/mol. The van der Waals surface area contributed by atoms with Crippen LogP contribution in [0.5, 0.6) is 0 Å². The largest absolute Gasteiger partial charge is 0.384 e. The van der Waals surface area contributed by atoms with E-state index in [2.05, 4.69) is 36.0 Å². The van der Waals surface area contributed by atoms with Crippen molar-refractivity contribution in [2.75, 3.05) is 12.8 Å². The first-order valence-electron chi connectivity index (χ1n) is 6.23. The van der Waals surface area contributed by atoms with E-state index in [1.165, 1.54) is 5.56 Å². The molecule has 0 aliphatic heterocycles. The lowest BCUT2D eigenvalue weighted by Crippen LogP contribution is -2.22. The van der Waals surface area contributed by atoms with E-state index in [0.29, 0.717) is 11.9 Å². The first kappa shape index (κ1) is 13.8. The molecule has 0 saturated heterocycles. The van der Waals surface area contributed by atoms with Gasteiger partial charge in [0.05, 0.1) is 5.69 Å². The molecule has 4 heteroatoms. The van der Waals surface area contributed by atoms with Crippen LogP contribution in [0, 0.1) is 0 Å². The van der Waals surface area contributed by atoms with Crippen LogP contribution in [0.4, 0.5) is 5.82 Å². The molecule has 2 N–H and O–H groups in total. The fourth-order valence-electron chi connectivity index (χ4n) is 1.97. The molecule has 1 atom stereocenters. The average Bonchev–Trinajstić information content (AvgIpc) is 2.39. The van der Waals surface area contributed by atoms with E-state index in [4.69, 9.17) is 17.3 Å². The maximum absolute atomic E-state index is 5.91. The monoisotopic (exact) mass is 275 g/mol. The van der Waals surface area contributed by atoms with Crippen LogP contribution >= 0.6 is 11.6 Å². The fraction of sp³-hybridized carbons (Fsp3) is 0.267. The maximum Gasteiger partial charge on any atom is 0.123 e. The summed E-state index contributed by atoms with van der Waals surface area (Å²) in [4.78, 5) is 6.55. The quantitative estimate of drug-likeness (QED) is 0.928. The van der Waals surface area contributed by atoms with Crippen molar-refractivity contribution in [3.63, 3.8) is 0 Å². The van der Waals surface area contributed by atoms with Gasteiger partial charge in [-0.25, -0.2) is 4.98 Å². The number of pyridine rings is 1. The third-order valence-electron chi connectivity index (χ3n) is 3.25. The van der Waals surface area contributed by atoms with Gasteiger partial charge in [0.2, 0.25) is 0 Å². The van der Waals surface area contributed by atoms with Gasteiger partial charge in [0.1, 0.15) is 5.82 Å². The zero-order chi connectivity index (χ0) is 13.8. The molecule has 0 radical (unpaired) electrons. The third kappa shape index (κ3) is 3.69. The van der Waals surface area contributed by atoms with Crippen molar-refractivity contribution in [3.8, 4) is 0 Å². The first-order valence-corrected chi connectivity index (χ1v) is 6.61. The highest BCUT2D eigenvalue weighted by molar-refractivity contribution is 6.30. The lowest BCUT2D eigenvalue weighted by Gasteiger charge is -2.24. The van der Waals surface area contributed by atoms with Crippen LogP contribution < -0.4 is 5.73 Å². The zero-order valence-corrected chi connectivity index (χ0v) is 11.9. The molecule has 2 rings (SSSR count). The van der Waals surface area contributed by atoms with Crippen molar-refractivity contribution in [2.24, 2.45) is 0 Å². The van der Waals surface area contributed by atoms with E-state index in [0.717, 1.165) is 17.3 Å². The van der Waals surface area contributed by atoms with Crippen molar-refractivity contribution in [2.45, 2.75) is 19.5 Å². The van der Waals surface area contributed by atoms with Crippen LogP contribution in [0.15, 0.2) is 42.5 Å². The smallest absolute Gasteiger partial charge is 0.123 e. The van der Waals surface area contributed by atoms with Gasteiger partial charge in [0, 0.05) is 17.6 Å². The van der Waals surface area contributed by atoms with Crippen LogP contribution in [0.2, 0.25) is 5.02 Å². The van der Waals surface area contributed by atoms with Crippen LogP contribution in [-0.2, 0) is 6.54 Å². The molecular weight excluding hydrogens is 258 g/mol. The average molecular weight is 276 g/mol. The van der Waals surface area contributed by atoms with E-state index in [1.54, 1.807) is 6.07 Å². The van der Waals surface area contributed by atoms with Crippen LogP contribution in [0.3, 0.4) is 0 Å². The second-order valence-electron chi connectivity index (χ2n) is 4.70. The van der Waals surface area contributed by atoms with Crippen LogP contribution in [0.25, 0.3) is 0 Å². The number of rotatable bonds is 4. The molecule has 0 aliphatic carbocycles. The van der Waals surface area contributed by atoms with Gasteiger partial charge in [-0.3, -0.25) is 4.90 Å². The van der Waals surface area contributed by atoms with Crippen LogP contribution in [0.1, 0.15) is 24.2 Å². The van der Waals surface area contributed by atoms with Gasteiger partial charge in [-0.1, -0.05) is 29.8 Å². The van der Waals surface area contributed by atoms with Crippen molar-refractivity contribution >= 4 is 17.4 Å². The Kier molecular flexibility index (Phi) is 4.40. The van der Waals surface area contributed by atoms with E-state index in [9.17, 15) is 0 Å². The summed E-state index contributed by atoms with van der Waals surface area (Å²) in [6, 6.07) is 13.9. The normalized spacial score (nSPS) is 12.6. The summed E-state index contributed by atoms with van der Waals surface area (Å²) in [5.41, 5.74) is 7.90. The summed E-state index contributed by atoms with van der Waals surface area (Å²) in [5.74, 6) is 0.560. The van der Waals surface area contributed by atoms with E-state index >= 15 is 0 Å². The lowest BCUT2D eigenvalue weighted by atomic mass is 10.1. The number of hydrogen-bond acceptors (Lipinski definition) is 3. The molecule has 0 amide bonds. The number of anilines is 1. The molecule has 19 heavy (non-hydrogen) atoms. The number of nitrogens with zero attached hydrogens (tertiary/aromatic N) is 2. The summed E-state index contributed by atoms with van der Waals surface area (Å²) in [5, 5.41) is 0.760. The molecule has 3 nitrogen and oxygen atoms in total. The highest BCUT2D eigenvalue weighted by Crippen LogP contribution is 2.22. The van der Waals surface area contributed by atoms with Crippen molar-refractivity contribution < 1.29 is 0 Å². The number of nitrogens with two attached hydrogens (primary N) is 1. The van der Waals surface area contributed by atoms with E-state index < -0.39 is 0 Å². The molecular formula is C15H18ClN3. The summed E-state index contributed by atoms with van der Waals surface area (Å²) in [6.45, 7) is 2.92. The first-order chi connectivity index (χ1) is 9.06. The van der Waals surface area contributed by atoms with Gasteiger partial charge in [-0.15, -0.1) is 0 Å². The molecule has 2 aromatic rings. The molecule has 1 heterocycles. The Morgan fingerprint density at radius 1 is 1.21 bits per heavy atom. The predicted octanol–water partition coefficient (Wildman–Crippen LogP) is 3.51. The molecule has 100 valence electrons. The van der Waals surface area contributed by atoms with Gasteiger partial charge in [0.25, 0.3) is 0 Å². The zero-order valence-electron chi connectivity index (χ0n) is 11.2. The van der Waals surface area contributed by atoms with Crippen molar-refractivity contribution in [1.29, 1.82) is 0 Å². The SMILES string of the molecule is CC(c1ccc(Cl)cc1)N(C)Cc1cccc(N)n1. The second-order valence-corrected chi connectivity index (χ2v) is 5.13. The van der Waals surface area contributed by atoms with Gasteiger partial charge >= 0.3 is 0 Å². The number of aromatic nitrogens is 1. The number of benzene rings is 1. The molecule has 1 aromatic carbocycles. The molecule has 0 fully saturated rings. The highest BCUT2D eigenvalue weighted by atomic mass is 35.5. The third-order valence-corrected chi connectivity index (χ3v) is 3.51. The Labute approximate surface area is 119 Å². The maximum atomic E-state index is 5.91. The molecule has 0 bridgehead atoms. The summed E-state index contributed by atoms with van der Waals surface area (Å²) < 4.78 is 0. The summed E-state index contributed by atoms with van der Waals surface area (Å²) >= 11 is 5.91. The lowest BCUT2D eigenvalue weighted by molar-refractivity contribution is 0.250. The molecule has 0 aliphatic rings. The summed E-state index contributed by atoms with van der Waals surface area (Å²) in [7, 11) is 2.07. The molecule has 1 aromatic heterocycles. The standard InChI is InChI=1S/C15H18ClN3/c1-11(12-6-8-13(16)9-7-12)19(2)10-14-4-3-5-15(17)18-14/h3-9,11H,10H2,1-2H3,(H2,17,18). The number of halogens is 1. The van der Waals surface area contributed by atoms with E-state index in [1.807, 2.05) is 24.3 Å². The number of nitrogen functional groups attached to an aromatic ring is 1. The Balaban J connectivity index is 2.07. The van der Waals surface area contributed by atoms with Crippen molar-refractivity contribution in [1.82, 2.24) is 9.88 Å². The van der Waals surface area contributed by atoms with Gasteiger partial charge in [-0.05, 0) is 43.8 Å². The Morgan fingerprint density at radius 2 is 1.89 bits per heavy atom. The molecule has 0 saturated carbocycles. The minimum atomic E-state index is 0.292. The van der Waals surface area contributed by atoms with Crippen molar-refractivity contribution in [3.05, 3.63) is 58.7 Å². The Bertz CT molecular complexity index is 539.